The van der Waals surface area contributed by atoms with E-state index in [2.05, 4.69) is 22.4 Å². The summed E-state index contributed by atoms with van der Waals surface area (Å²) in [7, 11) is 1.64. The average Bonchev–Trinajstić information content (AvgIpc) is 2.85. The molecular formula is C14H19N5O. The second-order valence-corrected chi connectivity index (χ2v) is 5.34. The van der Waals surface area contributed by atoms with Crippen molar-refractivity contribution in [1.82, 2.24) is 20.2 Å². The van der Waals surface area contributed by atoms with Crippen LogP contribution in [0.4, 0.5) is 5.69 Å². The van der Waals surface area contributed by atoms with Crippen molar-refractivity contribution < 1.29 is 4.74 Å². The molecule has 6 nitrogen and oxygen atoms in total. The van der Waals surface area contributed by atoms with Crippen LogP contribution >= 0.6 is 0 Å². The SMILES string of the molecule is COc1ccc(N)cc1-c1nnnn1C(C)C1CCC1. The smallest absolute Gasteiger partial charge is 0.186 e. The van der Waals surface area contributed by atoms with Gasteiger partial charge in [0.25, 0.3) is 0 Å². The number of rotatable bonds is 4. The number of aromatic nitrogens is 4. The Morgan fingerprint density at radius 2 is 2.20 bits per heavy atom. The maximum absolute atomic E-state index is 5.88. The topological polar surface area (TPSA) is 78.8 Å². The predicted octanol–water partition coefficient (Wildman–Crippen LogP) is 2.29. The van der Waals surface area contributed by atoms with Gasteiger partial charge in [0.2, 0.25) is 0 Å². The fourth-order valence-corrected chi connectivity index (χ4v) is 2.67. The van der Waals surface area contributed by atoms with Crippen LogP contribution in [-0.2, 0) is 0 Å². The van der Waals surface area contributed by atoms with E-state index in [-0.39, 0.29) is 0 Å². The highest BCUT2D eigenvalue weighted by Gasteiger charge is 2.28. The first-order valence-electron chi connectivity index (χ1n) is 6.92. The van der Waals surface area contributed by atoms with Crippen LogP contribution in [0.1, 0.15) is 32.2 Å². The minimum absolute atomic E-state index is 0.292. The molecule has 1 atom stereocenters. The first-order valence-corrected chi connectivity index (χ1v) is 6.92. The molecule has 1 unspecified atom stereocenters. The van der Waals surface area contributed by atoms with Gasteiger partial charge in [-0.1, -0.05) is 6.42 Å². The highest BCUT2D eigenvalue weighted by molar-refractivity contribution is 5.68. The Labute approximate surface area is 117 Å². The number of hydrogen-bond acceptors (Lipinski definition) is 5. The zero-order valence-corrected chi connectivity index (χ0v) is 11.8. The lowest BCUT2D eigenvalue weighted by Gasteiger charge is -2.31. The van der Waals surface area contributed by atoms with E-state index in [0.29, 0.717) is 23.5 Å². The van der Waals surface area contributed by atoms with Crippen LogP contribution in [0.15, 0.2) is 18.2 Å². The Balaban J connectivity index is 2.02. The molecule has 2 N–H and O–H groups in total. The summed E-state index contributed by atoms with van der Waals surface area (Å²) in [5.74, 6) is 2.11. The van der Waals surface area contributed by atoms with Crippen molar-refractivity contribution in [3.8, 4) is 17.1 Å². The predicted molar refractivity (Wildman–Crippen MR) is 76.3 cm³/mol. The molecule has 0 spiro atoms. The van der Waals surface area contributed by atoms with Crippen LogP contribution in [0.2, 0.25) is 0 Å². The van der Waals surface area contributed by atoms with Crippen molar-refractivity contribution in [3.05, 3.63) is 18.2 Å². The Morgan fingerprint density at radius 3 is 2.85 bits per heavy atom. The highest BCUT2D eigenvalue weighted by Crippen LogP contribution is 2.38. The number of hydrogen-bond donors (Lipinski definition) is 1. The van der Waals surface area contributed by atoms with E-state index in [4.69, 9.17) is 10.5 Å². The minimum Gasteiger partial charge on any atom is -0.496 e. The number of methoxy groups -OCH3 is 1. The van der Waals surface area contributed by atoms with E-state index in [9.17, 15) is 0 Å². The number of ether oxygens (including phenoxy) is 1. The Morgan fingerprint density at radius 1 is 1.40 bits per heavy atom. The van der Waals surface area contributed by atoms with Crippen molar-refractivity contribution in [1.29, 1.82) is 0 Å². The number of nitrogens with zero attached hydrogens (tertiary/aromatic N) is 4. The fourth-order valence-electron chi connectivity index (χ4n) is 2.67. The third-order valence-corrected chi connectivity index (χ3v) is 4.18. The lowest BCUT2D eigenvalue weighted by Crippen LogP contribution is -2.24. The molecule has 0 amide bonds. The summed E-state index contributed by atoms with van der Waals surface area (Å²) in [4.78, 5) is 0. The van der Waals surface area contributed by atoms with Gasteiger partial charge in [-0.15, -0.1) is 5.10 Å². The van der Waals surface area contributed by atoms with E-state index in [1.54, 1.807) is 7.11 Å². The third kappa shape index (κ3) is 2.11. The molecule has 0 bridgehead atoms. The standard InChI is InChI=1S/C14H19N5O/c1-9(10-4-3-5-10)19-14(16-17-18-19)12-8-11(15)6-7-13(12)20-2/h6-10H,3-5,15H2,1-2H3. The Kier molecular flexibility index (Phi) is 3.30. The molecule has 1 fully saturated rings. The largest absolute Gasteiger partial charge is 0.496 e. The van der Waals surface area contributed by atoms with Gasteiger partial charge in [0.05, 0.1) is 18.7 Å². The molecule has 1 aliphatic rings. The van der Waals surface area contributed by atoms with Gasteiger partial charge in [0.1, 0.15) is 5.75 Å². The second kappa shape index (κ2) is 5.11. The zero-order valence-electron chi connectivity index (χ0n) is 11.8. The fraction of sp³-hybridized carbons (Fsp3) is 0.500. The molecule has 106 valence electrons. The molecule has 3 rings (SSSR count). The monoisotopic (exact) mass is 273 g/mol. The summed E-state index contributed by atoms with van der Waals surface area (Å²) < 4.78 is 7.29. The molecule has 1 saturated carbocycles. The maximum Gasteiger partial charge on any atom is 0.186 e. The van der Waals surface area contributed by atoms with Gasteiger partial charge in [-0.25, -0.2) is 4.68 Å². The number of nitrogens with two attached hydrogens (primary N) is 1. The Bertz CT molecular complexity index is 605. The van der Waals surface area contributed by atoms with Crippen LogP contribution in [0, 0.1) is 5.92 Å². The van der Waals surface area contributed by atoms with Crippen molar-refractivity contribution in [2.45, 2.75) is 32.2 Å². The van der Waals surface area contributed by atoms with Gasteiger partial charge in [-0.3, -0.25) is 0 Å². The van der Waals surface area contributed by atoms with Crippen molar-refractivity contribution in [2.75, 3.05) is 12.8 Å². The first kappa shape index (κ1) is 12.9. The normalized spacial score (nSPS) is 16.7. The van der Waals surface area contributed by atoms with Crippen LogP contribution in [0.5, 0.6) is 5.75 Å². The molecule has 0 aliphatic heterocycles. The third-order valence-electron chi connectivity index (χ3n) is 4.18. The summed E-state index contributed by atoms with van der Waals surface area (Å²) in [6, 6.07) is 5.80. The summed E-state index contributed by atoms with van der Waals surface area (Å²) >= 11 is 0. The summed E-state index contributed by atoms with van der Waals surface area (Å²) in [6.45, 7) is 2.17. The Hall–Kier alpha value is -2.11. The van der Waals surface area contributed by atoms with Gasteiger partial charge >= 0.3 is 0 Å². The molecule has 1 heterocycles. The first-order chi connectivity index (χ1) is 9.70. The average molecular weight is 273 g/mol. The van der Waals surface area contributed by atoms with Gasteiger partial charge in [-0.05, 0) is 54.3 Å². The van der Waals surface area contributed by atoms with Gasteiger partial charge in [0.15, 0.2) is 5.82 Å². The van der Waals surface area contributed by atoms with Gasteiger partial charge < -0.3 is 10.5 Å². The van der Waals surface area contributed by atoms with E-state index in [1.807, 2.05) is 22.9 Å². The molecule has 0 saturated heterocycles. The second-order valence-electron chi connectivity index (χ2n) is 5.34. The van der Waals surface area contributed by atoms with Crippen molar-refractivity contribution >= 4 is 5.69 Å². The molecule has 1 aromatic carbocycles. The zero-order chi connectivity index (χ0) is 14.1. The maximum atomic E-state index is 5.88. The molecular weight excluding hydrogens is 254 g/mol. The minimum atomic E-state index is 0.292. The number of tetrazole rings is 1. The van der Waals surface area contributed by atoms with Crippen molar-refractivity contribution in [2.24, 2.45) is 5.92 Å². The van der Waals surface area contributed by atoms with Crippen LogP contribution in [0.3, 0.4) is 0 Å². The summed E-state index contributed by atoms with van der Waals surface area (Å²) in [5.41, 5.74) is 7.39. The molecule has 1 aliphatic carbocycles. The summed E-state index contributed by atoms with van der Waals surface area (Å²) in [6.07, 6.45) is 3.79. The molecule has 20 heavy (non-hydrogen) atoms. The van der Waals surface area contributed by atoms with E-state index < -0.39 is 0 Å². The van der Waals surface area contributed by atoms with Gasteiger partial charge in [-0.2, -0.15) is 0 Å². The van der Waals surface area contributed by atoms with Crippen LogP contribution in [0.25, 0.3) is 11.4 Å². The van der Waals surface area contributed by atoms with E-state index in [0.717, 1.165) is 11.3 Å². The lowest BCUT2D eigenvalue weighted by molar-refractivity contribution is 0.210. The van der Waals surface area contributed by atoms with Crippen LogP contribution in [-0.4, -0.2) is 27.3 Å². The van der Waals surface area contributed by atoms with Crippen molar-refractivity contribution in [3.63, 3.8) is 0 Å². The van der Waals surface area contributed by atoms with E-state index in [1.165, 1.54) is 19.3 Å². The number of anilines is 1. The lowest BCUT2D eigenvalue weighted by atomic mass is 9.80. The summed E-state index contributed by atoms with van der Waals surface area (Å²) in [5, 5.41) is 12.2. The van der Waals surface area contributed by atoms with E-state index >= 15 is 0 Å². The molecule has 2 aromatic rings. The van der Waals surface area contributed by atoms with Crippen LogP contribution < -0.4 is 10.5 Å². The molecule has 0 radical (unpaired) electrons. The quantitative estimate of drug-likeness (QED) is 0.865. The molecule has 1 aromatic heterocycles. The number of nitrogen functional groups attached to an aromatic ring is 1. The van der Waals surface area contributed by atoms with Gasteiger partial charge in [0, 0.05) is 5.69 Å². The number of benzene rings is 1. The highest BCUT2D eigenvalue weighted by atomic mass is 16.5. The molecule has 6 heteroatoms.